The predicted octanol–water partition coefficient (Wildman–Crippen LogP) is 6.75. The molecule has 3 atom stereocenters. The molecule has 0 bridgehead atoms. The summed E-state index contributed by atoms with van der Waals surface area (Å²) in [4.78, 5) is 28.5. The highest BCUT2D eigenvalue weighted by Gasteiger charge is 2.34. The number of hydrogen-bond donors (Lipinski definition) is 1. The van der Waals surface area contributed by atoms with Crippen molar-refractivity contribution in [3.63, 3.8) is 0 Å². The van der Waals surface area contributed by atoms with E-state index in [9.17, 15) is 14.0 Å². The zero-order valence-electron chi connectivity index (χ0n) is 29.0. The minimum Gasteiger partial charge on any atom is -0.491 e. The third-order valence-corrected chi connectivity index (χ3v) is 9.37. The first-order valence-corrected chi connectivity index (χ1v) is 17.7. The molecule has 0 radical (unpaired) electrons. The minimum atomic E-state index is -0.403. The van der Waals surface area contributed by atoms with Gasteiger partial charge in [-0.05, 0) is 59.9 Å². The summed E-state index contributed by atoms with van der Waals surface area (Å²) in [5.74, 6) is 0.745. The van der Waals surface area contributed by atoms with Gasteiger partial charge < -0.3 is 34.1 Å². The summed E-state index contributed by atoms with van der Waals surface area (Å²) in [6.45, 7) is 5.19. The molecule has 2 heterocycles. The number of likely N-dealkylation sites (tertiary alicyclic amines) is 1. The lowest BCUT2D eigenvalue weighted by Crippen LogP contribution is -2.47. The molecule has 9 nitrogen and oxygen atoms in total. The number of amides is 2. The van der Waals surface area contributed by atoms with E-state index < -0.39 is 5.82 Å². The van der Waals surface area contributed by atoms with Crippen LogP contribution in [0.3, 0.4) is 0 Å². The highest BCUT2D eigenvalue weighted by Crippen LogP contribution is 2.33. The lowest BCUT2D eigenvalue weighted by atomic mass is 9.87. The average molecular weight is 696 g/mol. The Morgan fingerprint density at radius 1 is 0.863 bits per heavy atom. The van der Waals surface area contributed by atoms with E-state index in [1.807, 2.05) is 48.5 Å². The van der Waals surface area contributed by atoms with Crippen molar-refractivity contribution in [2.24, 2.45) is 0 Å². The second-order valence-electron chi connectivity index (χ2n) is 13.0. The van der Waals surface area contributed by atoms with Gasteiger partial charge in [-0.15, -0.1) is 0 Å². The molecule has 51 heavy (non-hydrogen) atoms. The molecule has 0 saturated carbocycles. The summed E-state index contributed by atoms with van der Waals surface area (Å²) in [7, 11) is 0. The van der Waals surface area contributed by atoms with Crippen LogP contribution in [-0.4, -0.2) is 75.0 Å². The monoisotopic (exact) mass is 695 g/mol. The Labute approximate surface area is 299 Å². The molecular weight excluding hydrogens is 649 g/mol. The van der Waals surface area contributed by atoms with Crippen molar-refractivity contribution >= 4 is 17.7 Å². The lowest BCUT2D eigenvalue weighted by molar-refractivity contribution is -0.118. The van der Waals surface area contributed by atoms with Crippen LogP contribution in [0.15, 0.2) is 103 Å². The zero-order chi connectivity index (χ0) is 35.4. The summed E-state index contributed by atoms with van der Waals surface area (Å²) in [6, 6.07) is 32.6. The lowest BCUT2D eigenvalue weighted by Gasteiger charge is -2.38. The highest BCUT2D eigenvalue weighted by molar-refractivity contribution is 5.72. The van der Waals surface area contributed by atoms with Crippen LogP contribution in [0.4, 0.5) is 14.9 Å². The van der Waals surface area contributed by atoms with Gasteiger partial charge >= 0.3 is 6.09 Å². The molecule has 2 aliphatic heterocycles. The maximum atomic E-state index is 14.1. The van der Waals surface area contributed by atoms with E-state index in [4.69, 9.17) is 18.9 Å². The number of anilines is 1. The van der Waals surface area contributed by atoms with E-state index in [1.54, 1.807) is 11.0 Å². The Kier molecular flexibility index (Phi) is 12.4. The fourth-order valence-corrected chi connectivity index (χ4v) is 6.72. The number of nitrogens with zero attached hydrogens (tertiary/aromatic N) is 2. The van der Waals surface area contributed by atoms with Crippen molar-refractivity contribution in [1.82, 2.24) is 10.2 Å². The maximum Gasteiger partial charge on any atom is 0.410 e. The van der Waals surface area contributed by atoms with E-state index >= 15 is 0 Å². The van der Waals surface area contributed by atoms with Gasteiger partial charge in [0.25, 0.3) is 0 Å². The molecule has 0 aliphatic carbocycles. The summed E-state index contributed by atoms with van der Waals surface area (Å²) < 4.78 is 38.6. The molecule has 4 aromatic carbocycles. The number of rotatable bonds is 14. The smallest absolute Gasteiger partial charge is 0.410 e. The van der Waals surface area contributed by atoms with E-state index in [0.717, 1.165) is 42.0 Å². The second kappa shape index (κ2) is 17.7. The van der Waals surface area contributed by atoms with Gasteiger partial charge in [-0.3, -0.25) is 4.79 Å². The van der Waals surface area contributed by atoms with Crippen molar-refractivity contribution in [3.8, 4) is 11.5 Å². The van der Waals surface area contributed by atoms with Crippen molar-refractivity contribution in [1.29, 1.82) is 0 Å². The van der Waals surface area contributed by atoms with Gasteiger partial charge in [-0.1, -0.05) is 66.7 Å². The predicted molar refractivity (Wildman–Crippen MR) is 194 cm³/mol. The Balaban J connectivity index is 1.07. The summed E-state index contributed by atoms with van der Waals surface area (Å²) in [5, 5.41) is 2.76. The summed E-state index contributed by atoms with van der Waals surface area (Å²) >= 11 is 0. The van der Waals surface area contributed by atoms with Crippen LogP contribution in [0, 0.1) is 5.82 Å². The highest BCUT2D eigenvalue weighted by atomic mass is 19.1. The zero-order valence-corrected chi connectivity index (χ0v) is 29.0. The number of piperidine rings is 1. The topological polar surface area (TPSA) is 89.6 Å². The molecule has 2 amide bonds. The van der Waals surface area contributed by atoms with E-state index in [2.05, 4.69) is 46.6 Å². The molecule has 4 aromatic rings. The van der Waals surface area contributed by atoms with Gasteiger partial charge in [0.05, 0.1) is 25.8 Å². The number of ether oxygens (including phenoxy) is 4. The van der Waals surface area contributed by atoms with E-state index in [-0.39, 0.29) is 49.9 Å². The Morgan fingerprint density at radius 3 is 2.39 bits per heavy atom. The standard InChI is InChI=1S/C41H46FN3O6/c1-30(46)43-21-18-33-12-15-34(42)26-39(33)48-24-25-49-40-28-45(41(47)50-29-31-8-4-2-5-9-31)23-20-38(40)32-13-16-36(17-14-32)51-37-19-22-44(27-37)35-10-6-3-7-11-35/h2-17,26,37-38,40H,18-25,27-29H2,1H3,(H,43,46)/t37-,38?,40?/m0/s1. The average Bonchev–Trinajstić information content (AvgIpc) is 3.62. The number of nitrogens with one attached hydrogen (secondary N) is 1. The van der Waals surface area contributed by atoms with Gasteiger partial charge in [0.2, 0.25) is 5.91 Å². The van der Waals surface area contributed by atoms with Crippen LogP contribution < -0.4 is 19.7 Å². The van der Waals surface area contributed by atoms with Crippen molar-refractivity contribution in [2.45, 2.75) is 50.9 Å². The van der Waals surface area contributed by atoms with Crippen LogP contribution in [0.25, 0.3) is 0 Å². The SMILES string of the molecule is CC(=O)NCCc1ccc(F)cc1OCCOC1CN(C(=O)OCc2ccccc2)CCC1c1ccc(O[C@H]2CCN(c3ccccc3)C2)cc1. The van der Waals surface area contributed by atoms with Crippen LogP contribution in [0.1, 0.15) is 42.4 Å². The number of hydrogen-bond acceptors (Lipinski definition) is 7. The van der Waals surface area contributed by atoms with Gasteiger partial charge in [-0.2, -0.15) is 0 Å². The fraction of sp³-hybridized carbons (Fsp3) is 0.366. The Morgan fingerprint density at radius 2 is 1.63 bits per heavy atom. The molecule has 2 saturated heterocycles. The number of para-hydroxylation sites is 1. The normalized spacial score (nSPS) is 18.7. The van der Waals surface area contributed by atoms with E-state index in [1.165, 1.54) is 24.7 Å². The molecule has 1 N–H and O–H groups in total. The molecule has 0 spiro atoms. The summed E-state index contributed by atoms with van der Waals surface area (Å²) in [5.41, 5.74) is 4.03. The third kappa shape index (κ3) is 10.2. The number of benzene rings is 4. The van der Waals surface area contributed by atoms with Crippen molar-refractivity contribution in [3.05, 3.63) is 126 Å². The molecule has 268 valence electrons. The fourth-order valence-electron chi connectivity index (χ4n) is 6.72. The first kappa shape index (κ1) is 35.7. The van der Waals surface area contributed by atoms with Crippen molar-refractivity contribution in [2.75, 3.05) is 50.8 Å². The molecule has 2 unspecified atom stereocenters. The number of carbonyl (C=O) groups excluding carboxylic acids is 2. The molecule has 6 rings (SSSR count). The third-order valence-electron chi connectivity index (χ3n) is 9.37. The maximum absolute atomic E-state index is 14.1. The number of carbonyl (C=O) groups is 2. The van der Waals surface area contributed by atoms with Gasteiger partial charge in [0, 0.05) is 50.7 Å². The molecule has 0 aromatic heterocycles. The van der Waals surface area contributed by atoms with Crippen LogP contribution >= 0.6 is 0 Å². The molecule has 10 heteroatoms. The minimum absolute atomic E-state index is 0.0275. The first-order chi connectivity index (χ1) is 24.9. The van der Waals surface area contributed by atoms with Gasteiger partial charge in [0.1, 0.15) is 36.6 Å². The van der Waals surface area contributed by atoms with Gasteiger partial charge in [0.15, 0.2) is 0 Å². The molecular formula is C41H46FN3O6. The van der Waals surface area contributed by atoms with Crippen LogP contribution in [-0.2, 0) is 27.3 Å². The van der Waals surface area contributed by atoms with Crippen molar-refractivity contribution < 1.29 is 32.9 Å². The largest absolute Gasteiger partial charge is 0.491 e. The second-order valence-corrected chi connectivity index (χ2v) is 13.0. The van der Waals surface area contributed by atoms with Crippen LogP contribution in [0.5, 0.6) is 11.5 Å². The van der Waals surface area contributed by atoms with Crippen LogP contribution in [0.2, 0.25) is 0 Å². The number of halogens is 1. The van der Waals surface area contributed by atoms with E-state index in [0.29, 0.717) is 38.2 Å². The Bertz CT molecular complexity index is 1710. The summed E-state index contributed by atoms with van der Waals surface area (Å²) in [6.07, 6.45) is 1.57. The molecule has 2 aliphatic rings. The quantitative estimate of drug-likeness (QED) is 0.146. The van der Waals surface area contributed by atoms with Gasteiger partial charge in [-0.25, -0.2) is 9.18 Å². The molecule has 2 fully saturated rings. The Hall–Kier alpha value is -5.09. The first-order valence-electron chi connectivity index (χ1n) is 17.7.